The fourth-order valence-electron chi connectivity index (χ4n) is 2.29. The second-order valence-corrected chi connectivity index (χ2v) is 5.46. The molecule has 0 spiro atoms. The molecule has 1 aliphatic rings. The third-order valence-corrected chi connectivity index (χ3v) is 3.14. The Morgan fingerprint density at radius 1 is 1.47 bits per heavy atom. The average molecular weight is 242 g/mol. The summed E-state index contributed by atoms with van der Waals surface area (Å²) in [5.74, 6) is 0.529. The SMILES string of the molecule is CCC1CN(C(=O)[C@@H](N)CC(C)C)CC(C)O1. The summed E-state index contributed by atoms with van der Waals surface area (Å²) in [5.41, 5.74) is 5.95. The van der Waals surface area contributed by atoms with Crippen LogP contribution in [0.15, 0.2) is 0 Å². The Morgan fingerprint density at radius 3 is 2.65 bits per heavy atom. The van der Waals surface area contributed by atoms with Crippen molar-refractivity contribution in [3.05, 3.63) is 0 Å². The van der Waals surface area contributed by atoms with E-state index in [2.05, 4.69) is 20.8 Å². The van der Waals surface area contributed by atoms with Crippen LogP contribution < -0.4 is 5.73 Å². The first-order valence-electron chi connectivity index (χ1n) is 6.63. The Hall–Kier alpha value is -0.610. The van der Waals surface area contributed by atoms with E-state index >= 15 is 0 Å². The molecule has 0 aromatic heterocycles. The smallest absolute Gasteiger partial charge is 0.239 e. The van der Waals surface area contributed by atoms with Gasteiger partial charge in [0.1, 0.15) is 0 Å². The van der Waals surface area contributed by atoms with Gasteiger partial charge in [-0.15, -0.1) is 0 Å². The molecule has 1 fully saturated rings. The zero-order valence-corrected chi connectivity index (χ0v) is 11.5. The molecule has 0 aromatic carbocycles. The summed E-state index contributed by atoms with van der Waals surface area (Å²) >= 11 is 0. The summed E-state index contributed by atoms with van der Waals surface area (Å²) < 4.78 is 5.74. The van der Waals surface area contributed by atoms with Gasteiger partial charge in [-0.05, 0) is 25.7 Å². The molecule has 1 aliphatic heterocycles. The quantitative estimate of drug-likeness (QED) is 0.810. The van der Waals surface area contributed by atoms with Crippen LogP contribution in [-0.4, -0.2) is 42.1 Å². The van der Waals surface area contributed by atoms with Crippen molar-refractivity contribution >= 4 is 5.91 Å². The van der Waals surface area contributed by atoms with E-state index in [0.29, 0.717) is 19.0 Å². The van der Waals surface area contributed by atoms with E-state index in [4.69, 9.17) is 10.5 Å². The molecule has 2 N–H and O–H groups in total. The molecule has 17 heavy (non-hydrogen) atoms. The van der Waals surface area contributed by atoms with Gasteiger partial charge in [0, 0.05) is 13.1 Å². The second kappa shape index (κ2) is 6.36. The Bertz CT molecular complexity index is 256. The third-order valence-electron chi connectivity index (χ3n) is 3.14. The number of rotatable bonds is 4. The summed E-state index contributed by atoms with van der Waals surface area (Å²) in [7, 11) is 0. The molecule has 1 heterocycles. The molecule has 1 amide bonds. The maximum absolute atomic E-state index is 12.2. The van der Waals surface area contributed by atoms with Crippen LogP contribution in [0.3, 0.4) is 0 Å². The number of carbonyl (C=O) groups is 1. The molecular formula is C13H26N2O2. The normalized spacial score (nSPS) is 27.3. The van der Waals surface area contributed by atoms with Crippen LogP contribution in [-0.2, 0) is 9.53 Å². The summed E-state index contributed by atoms with van der Waals surface area (Å²) in [6.07, 6.45) is 1.97. The first kappa shape index (κ1) is 14.5. The third kappa shape index (κ3) is 4.28. The van der Waals surface area contributed by atoms with Crippen LogP contribution in [0.25, 0.3) is 0 Å². The first-order chi connectivity index (χ1) is 7.93. The molecule has 0 saturated carbocycles. The van der Waals surface area contributed by atoms with E-state index in [-0.39, 0.29) is 24.2 Å². The molecule has 3 atom stereocenters. The molecule has 4 nitrogen and oxygen atoms in total. The van der Waals surface area contributed by atoms with E-state index < -0.39 is 0 Å². The number of nitrogens with two attached hydrogens (primary N) is 1. The van der Waals surface area contributed by atoms with Crippen LogP contribution in [0.1, 0.15) is 40.5 Å². The fraction of sp³-hybridized carbons (Fsp3) is 0.923. The fourth-order valence-corrected chi connectivity index (χ4v) is 2.29. The van der Waals surface area contributed by atoms with E-state index in [1.165, 1.54) is 0 Å². The number of ether oxygens (including phenoxy) is 1. The maximum Gasteiger partial charge on any atom is 0.239 e. The van der Waals surface area contributed by atoms with Gasteiger partial charge >= 0.3 is 0 Å². The van der Waals surface area contributed by atoms with Crippen LogP contribution >= 0.6 is 0 Å². The summed E-state index contributed by atoms with van der Waals surface area (Å²) in [4.78, 5) is 14.1. The van der Waals surface area contributed by atoms with Crippen molar-refractivity contribution in [2.24, 2.45) is 11.7 Å². The van der Waals surface area contributed by atoms with Gasteiger partial charge in [0.05, 0.1) is 18.2 Å². The largest absolute Gasteiger partial charge is 0.372 e. The molecule has 1 rings (SSSR count). The van der Waals surface area contributed by atoms with Crippen LogP contribution in [0.4, 0.5) is 0 Å². The Balaban J connectivity index is 2.55. The molecular weight excluding hydrogens is 216 g/mol. The van der Waals surface area contributed by atoms with Crippen molar-refractivity contribution in [2.75, 3.05) is 13.1 Å². The number of hydrogen-bond donors (Lipinski definition) is 1. The van der Waals surface area contributed by atoms with Crippen molar-refractivity contribution in [3.8, 4) is 0 Å². The number of carbonyl (C=O) groups excluding carboxylic acids is 1. The molecule has 0 aromatic rings. The van der Waals surface area contributed by atoms with Crippen molar-refractivity contribution in [3.63, 3.8) is 0 Å². The van der Waals surface area contributed by atoms with Gasteiger partial charge < -0.3 is 15.4 Å². The second-order valence-electron chi connectivity index (χ2n) is 5.46. The summed E-state index contributed by atoms with van der Waals surface area (Å²) in [5, 5.41) is 0. The highest BCUT2D eigenvalue weighted by molar-refractivity contribution is 5.81. The lowest BCUT2D eigenvalue weighted by molar-refractivity contribution is -0.146. The minimum atomic E-state index is -0.363. The molecule has 2 unspecified atom stereocenters. The van der Waals surface area contributed by atoms with Crippen molar-refractivity contribution in [1.82, 2.24) is 4.90 Å². The molecule has 1 saturated heterocycles. The summed E-state index contributed by atoms with van der Waals surface area (Å²) in [6, 6.07) is -0.363. The van der Waals surface area contributed by atoms with E-state index in [1.54, 1.807) is 0 Å². The molecule has 0 radical (unpaired) electrons. The highest BCUT2D eigenvalue weighted by Crippen LogP contribution is 2.15. The Labute approximate surface area is 104 Å². The zero-order valence-electron chi connectivity index (χ0n) is 11.5. The minimum Gasteiger partial charge on any atom is -0.372 e. The highest BCUT2D eigenvalue weighted by atomic mass is 16.5. The lowest BCUT2D eigenvalue weighted by Gasteiger charge is -2.37. The molecule has 0 aliphatic carbocycles. The van der Waals surface area contributed by atoms with E-state index in [1.807, 2.05) is 11.8 Å². The van der Waals surface area contributed by atoms with Crippen molar-refractivity contribution in [2.45, 2.75) is 58.8 Å². The number of hydrogen-bond acceptors (Lipinski definition) is 3. The van der Waals surface area contributed by atoms with Gasteiger partial charge in [-0.1, -0.05) is 20.8 Å². The minimum absolute atomic E-state index is 0.0762. The van der Waals surface area contributed by atoms with Crippen molar-refractivity contribution < 1.29 is 9.53 Å². The van der Waals surface area contributed by atoms with Crippen LogP contribution in [0, 0.1) is 5.92 Å². The van der Waals surface area contributed by atoms with E-state index in [9.17, 15) is 4.79 Å². The zero-order chi connectivity index (χ0) is 13.0. The molecule has 100 valence electrons. The van der Waals surface area contributed by atoms with Gasteiger partial charge in [0.15, 0.2) is 0 Å². The molecule has 0 bridgehead atoms. The van der Waals surface area contributed by atoms with Gasteiger partial charge in [0.25, 0.3) is 0 Å². The lowest BCUT2D eigenvalue weighted by atomic mass is 10.0. The van der Waals surface area contributed by atoms with Gasteiger partial charge in [0.2, 0.25) is 5.91 Å². The highest BCUT2D eigenvalue weighted by Gasteiger charge is 2.30. The lowest BCUT2D eigenvalue weighted by Crippen LogP contribution is -2.53. The predicted octanol–water partition coefficient (Wildman–Crippen LogP) is 1.39. The standard InChI is InChI=1S/C13H26N2O2/c1-5-11-8-15(7-10(4)17-11)13(16)12(14)6-9(2)3/h9-12H,5-8,14H2,1-4H3/t10?,11?,12-/m0/s1. The van der Waals surface area contributed by atoms with Crippen molar-refractivity contribution in [1.29, 1.82) is 0 Å². The van der Waals surface area contributed by atoms with Gasteiger partial charge in [-0.2, -0.15) is 0 Å². The summed E-state index contributed by atoms with van der Waals surface area (Å²) in [6.45, 7) is 9.62. The Morgan fingerprint density at radius 2 is 2.12 bits per heavy atom. The topological polar surface area (TPSA) is 55.6 Å². The van der Waals surface area contributed by atoms with Gasteiger partial charge in [-0.25, -0.2) is 0 Å². The Kier molecular flexibility index (Phi) is 5.40. The van der Waals surface area contributed by atoms with Crippen LogP contribution in [0.2, 0.25) is 0 Å². The first-order valence-corrected chi connectivity index (χ1v) is 6.63. The monoisotopic (exact) mass is 242 g/mol. The number of nitrogens with zero attached hydrogens (tertiary/aromatic N) is 1. The van der Waals surface area contributed by atoms with Gasteiger partial charge in [-0.3, -0.25) is 4.79 Å². The predicted molar refractivity (Wildman–Crippen MR) is 68.6 cm³/mol. The van der Waals surface area contributed by atoms with Crippen LogP contribution in [0.5, 0.6) is 0 Å². The van der Waals surface area contributed by atoms with E-state index in [0.717, 1.165) is 12.8 Å². The maximum atomic E-state index is 12.2. The average Bonchev–Trinajstić information content (AvgIpc) is 2.26. The molecule has 4 heteroatoms. The number of morpholine rings is 1. The number of amides is 1.